The Morgan fingerprint density at radius 1 is 0.627 bits per heavy atom. The number of para-hydroxylation sites is 2. The van der Waals surface area contributed by atoms with Crippen molar-refractivity contribution in [2.45, 2.75) is 26.2 Å². The minimum absolute atomic E-state index is 0.607. The van der Waals surface area contributed by atoms with Gasteiger partial charge in [0.25, 0.3) is 0 Å². The Bertz CT molecular complexity index is 2660. The van der Waals surface area contributed by atoms with E-state index in [-0.39, 0.29) is 0 Å². The van der Waals surface area contributed by atoms with Gasteiger partial charge in [0.2, 0.25) is 0 Å². The number of rotatable bonds is 4. The lowest BCUT2D eigenvalue weighted by Gasteiger charge is -2.39. The number of aryl methyl sites for hydroxylation is 2. The van der Waals surface area contributed by atoms with E-state index in [2.05, 4.69) is 120 Å². The van der Waals surface area contributed by atoms with E-state index in [0.717, 1.165) is 72.9 Å². The quantitative estimate of drug-likeness (QED) is 0.177. The molecule has 0 amide bonds. The Hall–Kier alpha value is -6.57. The molecule has 1 aliphatic heterocycles. The second-order valence-electron chi connectivity index (χ2n) is 13.2. The van der Waals surface area contributed by atoms with Gasteiger partial charge in [-0.1, -0.05) is 103 Å². The molecule has 0 N–H and O–H groups in total. The van der Waals surface area contributed by atoms with E-state index in [1.54, 1.807) is 6.08 Å². The Morgan fingerprint density at radius 2 is 1.31 bits per heavy atom. The van der Waals surface area contributed by atoms with Crippen molar-refractivity contribution < 1.29 is 4.74 Å². The lowest BCUT2D eigenvalue weighted by molar-refractivity contribution is 0.387. The van der Waals surface area contributed by atoms with Crippen LogP contribution in [0.3, 0.4) is 0 Å². The third-order valence-electron chi connectivity index (χ3n) is 10.1. The predicted octanol–water partition coefficient (Wildman–Crippen LogP) is 10.8. The van der Waals surface area contributed by atoms with E-state index in [4.69, 9.17) is 21.1 Å². The highest BCUT2D eigenvalue weighted by Gasteiger charge is 2.51. The number of fused-ring (bicyclic) bond motifs is 8. The number of nitrogens with zero attached hydrogens (tertiary/aromatic N) is 3. The summed E-state index contributed by atoms with van der Waals surface area (Å²) in [7, 11) is 0. The standard InChI is InChI=1S/C47H33N3O/c1-5-6-20-38-31(4)51-43-25-12-10-22-40(43)47(38)39-21-9-7-17-36(39)44-35(19-14-23-41(44)47)32-15-13-16-33(28-32)45-37-18-8-11-24-42(37)49-46(50-45)34-26-29(2)48-30(3)27-34/h1,6-28H,2-4H3/b20-6-. The van der Waals surface area contributed by atoms with E-state index in [1.807, 2.05) is 45.0 Å². The lowest BCUT2D eigenvalue weighted by atomic mass is 9.65. The van der Waals surface area contributed by atoms with Gasteiger partial charge in [-0.15, -0.1) is 6.42 Å². The number of pyridine rings is 1. The third kappa shape index (κ3) is 4.66. The van der Waals surface area contributed by atoms with E-state index >= 15 is 0 Å². The molecule has 9 rings (SSSR count). The minimum atomic E-state index is -0.607. The van der Waals surface area contributed by atoms with Crippen molar-refractivity contribution >= 4 is 10.9 Å². The highest BCUT2D eigenvalue weighted by Crippen LogP contribution is 2.62. The van der Waals surface area contributed by atoms with Crippen molar-refractivity contribution in [3.8, 4) is 63.0 Å². The van der Waals surface area contributed by atoms with Crippen molar-refractivity contribution in [3.63, 3.8) is 0 Å². The number of hydrogen-bond donors (Lipinski definition) is 0. The maximum atomic E-state index is 6.47. The summed E-state index contributed by atoms with van der Waals surface area (Å²) < 4.78 is 6.47. The predicted molar refractivity (Wildman–Crippen MR) is 206 cm³/mol. The molecule has 2 aliphatic rings. The molecule has 3 heterocycles. The fourth-order valence-electron chi connectivity index (χ4n) is 8.24. The minimum Gasteiger partial charge on any atom is -0.461 e. The first-order chi connectivity index (χ1) is 25.0. The summed E-state index contributed by atoms with van der Waals surface area (Å²) in [5.74, 6) is 5.10. The van der Waals surface area contributed by atoms with Gasteiger partial charge >= 0.3 is 0 Å². The fraction of sp³-hybridized carbons (Fsp3) is 0.0851. The van der Waals surface area contributed by atoms with Crippen LogP contribution in [-0.4, -0.2) is 15.0 Å². The van der Waals surface area contributed by atoms with Crippen LogP contribution < -0.4 is 4.74 Å². The Balaban J connectivity index is 1.29. The smallest absolute Gasteiger partial charge is 0.160 e. The molecule has 242 valence electrons. The van der Waals surface area contributed by atoms with E-state index in [9.17, 15) is 0 Å². The van der Waals surface area contributed by atoms with Crippen molar-refractivity contribution in [2.24, 2.45) is 0 Å². The average molecular weight is 656 g/mol. The number of benzene rings is 5. The maximum absolute atomic E-state index is 6.47. The van der Waals surface area contributed by atoms with Crippen molar-refractivity contribution in [3.05, 3.63) is 179 Å². The molecule has 2 aromatic heterocycles. The highest BCUT2D eigenvalue weighted by molar-refractivity contribution is 5.98. The highest BCUT2D eigenvalue weighted by atomic mass is 16.5. The van der Waals surface area contributed by atoms with Gasteiger partial charge in [-0.05, 0) is 96.6 Å². The molecule has 5 aromatic carbocycles. The van der Waals surface area contributed by atoms with Gasteiger partial charge in [0, 0.05) is 39.0 Å². The molecule has 0 bridgehead atoms. The number of allylic oxidation sites excluding steroid dienone is 4. The van der Waals surface area contributed by atoms with Crippen LogP contribution in [0.1, 0.15) is 35.0 Å². The largest absolute Gasteiger partial charge is 0.461 e. The first kappa shape index (κ1) is 30.5. The van der Waals surface area contributed by atoms with Gasteiger partial charge in [-0.25, -0.2) is 9.97 Å². The molecule has 0 radical (unpaired) electrons. The number of terminal acetylenes is 1. The molecule has 1 unspecified atom stereocenters. The topological polar surface area (TPSA) is 47.9 Å². The summed E-state index contributed by atoms with van der Waals surface area (Å²) >= 11 is 0. The second-order valence-corrected chi connectivity index (χ2v) is 13.2. The molecule has 51 heavy (non-hydrogen) atoms. The molecule has 4 heteroatoms. The average Bonchev–Trinajstić information content (AvgIpc) is 3.44. The van der Waals surface area contributed by atoms with E-state index in [1.165, 1.54) is 22.3 Å². The van der Waals surface area contributed by atoms with Crippen LogP contribution in [0.2, 0.25) is 0 Å². The van der Waals surface area contributed by atoms with Gasteiger partial charge < -0.3 is 4.74 Å². The van der Waals surface area contributed by atoms with Crippen LogP contribution in [0.15, 0.2) is 151 Å². The normalized spacial score (nSPS) is 15.8. The molecule has 7 aromatic rings. The number of aromatic nitrogens is 3. The summed E-state index contributed by atoms with van der Waals surface area (Å²) in [6.07, 6.45) is 9.63. The van der Waals surface area contributed by atoms with Crippen LogP contribution in [0.5, 0.6) is 5.75 Å². The van der Waals surface area contributed by atoms with Gasteiger partial charge in [-0.3, -0.25) is 4.98 Å². The van der Waals surface area contributed by atoms with E-state index in [0.29, 0.717) is 5.82 Å². The molecular formula is C47H33N3O. The summed E-state index contributed by atoms with van der Waals surface area (Å²) in [5.41, 5.74) is 14.3. The summed E-state index contributed by atoms with van der Waals surface area (Å²) in [4.78, 5) is 14.8. The van der Waals surface area contributed by atoms with Crippen LogP contribution in [0.25, 0.3) is 55.8 Å². The maximum Gasteiger partial charge on any atom is 0.160 e. The molecule has 0 saturated heterocycles. The van der Waals surface area contributed by atoms with E-state index < -0.39 is 5.41 Å². The Morgan fingerprint density at radius 3 is 2.16 bits per heavy atom. The molecule has 1 atom stereocenters. The Kier molecular flexibility index (Phi) is 7.05. The summed E-state index contributed by atoms with van der Waals surface area (Å²) in [6, 6.07) is 44.9. The SMILES string of the molecule is C#C/C=C\C1=C(C)Oc2ccccc2C12c1ccccc1-c1c(-c3cccc(-c4nc(-c5cc(C)nc(C)c5)nc5ccccc45)c3)cccc12. The molecule has 4 nitrogen and oxygen atoms in total. The number of ether oxygens (including phenoxy) is 1. The van der Waals surface area contributed by atoms with Crippen molar-refractivity contribution in [1.82, 2.24) is 15.0 Å². The molecule has 0 saturated carbocycles. The van der Waals surface area contributed by atoms with Gasteiger partial charge in [0.05, 0.1) is 16.6 Å². The van der Waals surface area contributed by atoms with Gasteiger partial charge in [0.15, 0.2) is 5.82 Å². The van der Waals surface area contributed by atoms with Crippen LogP contribution >= 0.6 is 0 Å². The molecule has 1 spiro atoms. The Labute approximate surface area is 297 Å². The fourth-order valence-corrected chi connectivity index (χ4v) is 8.24. The molecular weight excluding hydrogens is 623 g/mol. The van der Waals surface area contributed by atoms with Crippen molar-refractivity contribution in [2.75, 3.05) is 0 Å². The zero-order chi connectivity index (χ0) is 34.7. The first-order valence-electron chi connectivity index (χ1n) is 17.2. The first-order valence-corrected chi connectivity index (χ1v) is 17.2. The van der Waals surface area contributed by atoms with Gasteiger partial charge in [-0.2, -0.15) is 0 Å². The lowest BCUT2D eigenvalue weighted by Crippen LogP contribution is -2.33. The van der Waals surface area contributed by atoms with Gasteiger partial charge in [0.1, 0.15) is 11.5 Å². The summed E-state index contributed by atoms with van der Waals surface area (Å²) in [5, 5.41) is 1.01. The zero-order valence-corrected chi connectivity index (χ0v) is 28.6. The third-order valence-corrected chi connectivity index (χ3v) is 10.1. The van der Waals surface area contributed by atoms with Crippen LogP contribution in [-0.2, 0) is 5.41 Å². The zero-order valence-electron chi connectivity index (χ0n) is 28.6. The molecule has 1 aliphatic carbocycles. The van der Waals surface area contributed by atoms with Crippen LogP contribution in [0.4, 0.5) is 0 Å². The number of hydrogen-bond acceptors (Lipinski definition) is 4. The molecule has 0 fully saturated rings. The van der Waals surface area contributed by atoms with Crippen molar-refractivity contribution in [1.29, 1.82) is 0 Å². The second kappa shape index (κ2) is 11.8. The summed E-state index contributed by atoms with van der Waals surface area (Å²) in [6.45, 7) is 6.05. The monoisotopic (exact) mass is 655 g/mol. The van der Waals surface area contributed by atoms with Crippen LogP contribution in [0, 0.1) is 26.2 Å².